The lowest BCUT2D eigenvalue weighted by Gasteiger charge is -2.14. The third-order valence-electron chi connectivity index (χ3n) is 3.96. The Morgan fingerprint density at radius 3 is 2.90 bits per heavy atom. The maximum Gasteiger partial charge on any atom is 0.0929 e. The molecule has 2 heterocycles. The van der Waals surface area contributed by atoms with Gasteiger partial charge in [0.25, 0.3) is 0 Å². The van der Waals surface area contributed by atoms with Crippen molar-refractivity contribution in [3.05, 3.63) is 52.3 Å². The van der Waals surface area contributed by atoms with Crippen molar-refractivity contribution in [2.75, 3.05) is 6.54 Å². The van der Waals surface area contributed by atoms with Crippen LogP contribution in [0.2, 0.25) is 0 Å². The van der Waals surface area contributed by atoms with E-state index in [0.29, 0.717) is 13.2 Å². The maximum atomic E-state index is 5.86. The topological polar surface area (TPSA) is 39.1 Å². The molecule has 1 aliphatic heterocycles. The normalized spacial score (nSPS) is 13.6. The summed E-state index contributed by atoms with van der Waals surface area (Å²) >= 11 is 0. The molecular formula is C16H22ClN3O. The molecule has 0 saturated heterocycles. The Hall–Kier alpha value is -1.36. The molecule has 0 saturated carbocycles. The number of ether oxygens (including phenoxy) is 1. The number of rotatable bonds is 4. The van der Waals surface area contributed by atoms with Gasteiger partial charge in [-0.2, -0.15) is 5.10 Å². The van der Waals surface area contributed by atoms with E-state index >= 15 is 0 Å². The van der Waals surface area contributed by atoms with Crippen LogP contribution >= 0.6 is 12.4 Å². The predicted molar refractivity (Wildman–Crippen MR) is 85.5 cm³/mol. The number of fused-ring (bicyclic) bond motifs is 1. The Labute approximate surface area is 131 Å². The minimum absolute atomic E-state index is 0. The molecule has 5 heteroatoms. The van der Waals surface area contributed by atoms with Crippen molar-refractivity contribution < 1.29 is 4.74 Å². The van der Waals surface area contributed by atoms with Crippen molar-refractivity contribution in [3.63, 3.8) is 0 Å². The molecule has 1 aromatic heterocycles. The van der Waals surface area contributed by atoms with Gasteiger partial charge in [-0.05, 0) is 18.1 Å². The number of aryl methyl sites for hydroxylation is 2. The Balaban J connectivity index is 0.00000161. The molecule has 0 aliphatic carbocycles. The minimum Gasteiger partial charge on any atom is -0.370 e. The van der Waals surface area contributed by atoms with Crippen molar-refractivity contribution in [1.82, 2.24) is 15.1 Å². The molecule has 2 aromatic rings. The first-order valence-electron chi connectivity index (χ1n) is 7.12. The van der Waals surface area contributed by atoms with Crippen LogP contribution in [0, 0.1) is 6.92 Å². The first-order chi connectivity index (χ1) is 9.75. The molecule has 114 valence electrons. The maximum absolute atomic E-state index is 5.86. The summed E-state index contributed by atoms with van der Waals surface area (Å²) < 4.78 is 7.87. The number of aromatic nitrogens is 2. The summed E-state index contributed by atoms with van der Waals surface area (Å²) in [6.45, 7) is 5.29. The fraction of sp³-hybridized carbons (Fsp3) is 0.438. The second-order valence-corrected chi connectivity index (χ2v) is 5.34. The lowest BCUT2D eigenvalue weighted by molar-refractivity contribution is 0.103. The molecule has 0 fully saturated rings. The Morgan fingerprint density at radius 1 is 1.29 bits per heavy atom. The standard InChI is InChI=1S/C16H21N3O.ClH/c1-12-5-3-4-6-13(12)10-20-11-15-14-9-17-8-7-16(14)19(2)18-15;/h3-6,17H,7-11H2,1-2H3;1H. The number of nitrogens with zero attached hydrogens (tertiary/aromatic N) is 2. The van der Waals surface area contributed by atoms with Crippen LogP contribution in [0.3, 0.4) is 0 Å². The zero-order valence-corrected chi connectivity index (χ0v) is 13.4. The van der Waals surface area contributed by atoms with Gasteiger partial charge in [0.2, 0.25) is 0 Å². The summed E-state index contributed by atoms with van der Waals surface area (Å²) in [6, 6.07) is 8.34. The fourth-order valence-corrected chi connectivity index (χ4v) is 2.75. The van der Waals surface area contributed by atoms with Gasteiger partial charge in [0.15, 0.2) is 0 Å². The van der Waals surface area contributed by atoms with Crippen LogP contribution < -0.4 is 5.32 Å². The van der Waals surface area contributed by atoms with Crippen LogP contribution in [0.15, 0.2) is 24.3 Å². The average Bonchev–Trinajstić information content (AvgIpc) is 2.78. The number of benzene rings is 1. The van der Waals surface area contributed by atoms with Gasteiger partial charge in [-0.25, -0.2) is 0 Å². The summed E-state index contributed by atoms with van der Waals surface area (Å²) in [5.41, 5.74) is 6.26. The molecule has 3 rings (SSSR count). The Kier molecular flexibility index (Phi) is 5.39. The van der Waals surface area contributed by atoms with Crippen molar-refractivity contribution in [2.24, 2.45) is 7.05 Å². The SMILES string of the molecule is Cc1ccccc1COCc1nn(C)c2c1CNCC2.Cl. The summed E-state index contributed by atoms with van der Waals surface area (Å²) in [5, 5.41) is 8.00. The average molecular weight is 308 g/mol. The van der Waals surface area contributed by atoms with E-state index in [2.05, 4.69) is 41.6 Å². The smallest absolute Gasteiger partial charge is 0.0929 e. The number of hydrogen-bond acceptors (Lipinski definition) is 3. The van der Waals surface area contributed by atoms with Gasteiger partial charge in [-0.3, -0.25) is 4.68 Å². The highest BCUT2D eigenvalue weighted by atomic mass is 35.5. The van der Waals surface area contributed by atoms with Crippen LogP contribution in [0.4, 0.5) is 0 Å². The Bertz CT molecular complexity index is 610. The molecule has 0 radical (unpaired) electrons. The highest BCUT2D eigenvalue weighted by Gasteiger charge is 2.18. The monoisotopic (exact) mass is 307 g/mol. The van der Waals surface area contributed by atoms with Crippen LogP contribution in [0.5, 0.6) is 0 Å². The molecule has 1 aliphatic rings. The third kappa shape index (κ3) is 3.46. The highest BCUT2D eigenvalue weighted by Crippen LogP contribution is 2.19. The van der Waals surface area contributed by atoms with Gasteiger partial charge < -0.3 is 10.1 Å². The zero-order chi connectivity index (χ0) is 13.9. The molecule has 21 heavy (non-hydrogen) atoms. The van der Waals surface area contributed by atoms with E-state index in [9.17, 15) is 0 Å². The molecule has 4 nitrogen and oxygen atoms in total. The van der Waals surface area contributed by atoms with Crippen molar-refractivity contribution in [1.29, 1.82) is 0 Å². The van der Waals surface area contributed by atoms with Gasteiger partial charge in [-0.1, -0.05) is 24.3 Å². The van der Waals surface area contributed by atoms with Gasteiger partial charge in [0.05, 0.1) is 18.9 Å². The van der Waals surface area contributed by atoms with E-state index < -0.39 is 0 Å². The number of halogens is 1. The number of hydrogen-bond donors (Lipinski definition) is 1. The fourth-order valence-electron chi connectivity index (χ4n) is 2.75. The summed E-state index contributed by atoms with van der Waals surface area (Å²) in [5.74, 6) is 0. The molecule has 1 aromatic carbocycles. The van der Waals surface area contributed by atoms with Gasteiger partial charge >= 0.3 is 0 Å². The largest absolute Gasteiger partial charge is 0.370 e. The molecule has 0 atom stereocenters. The molecular weight excluding hydrogens is 286 g/mol. The van der Waals surface area contributed by atoms with E-state index in [0.717, 1.165) is 25.2 Å². The van der Waals surface area contributed by atoms with Crippen molar-refractivity contribution >= 4 is 12.4 Å². The zero-order valence-electron chi connectivity index (χ0n) is 12.6. The minimum atomic E-state index is 0. The van der Waals surface area contributed by atoms with Crippen LogP contribution in [-0.4, -0.2) is 16.3 Å². The van der Waals surface area contributed by atoms with Crippen LogP contribution in [-0.2, 0) is 38.0 Å². The second-order valence-electron chi connectivity index (χ2n) is 5.34. The first-order valence-corrected chi connectivity index (χ1v) is 7.12. The van der Waals surface area contributed by atoms with E-state index in [1.54, 1.807) is 0 Å². The van der Waals surface area contributed by atoms with Crippen molar-refractivity contribution in [2.45, 2.75) is 33.1 Å². The van der Waals surface area contributed by atoms with Crippen LogP contribution in [0.1, 0.15) is 28.1 Å². The van der Waals surface area contributed by atoms with Crippen LogP contribution in [0.25, 0.3) is 0 Å². The van der Waals surface area contributed by atoms with E-state index in [1.807, 2.05) is 11.7 Å². The van der Waals surface area contributed by atoms with E-state index in [-0.39, 0.29) is 12.4 Å². The number of nitrogens with one attached hydrogen (secondary N) is 1. The van der Waals surface area contributed by atoms with Gasteiger partial charge in [0, 0.05) is 37.8 Å². The van der Waals surface area contributed by atoms with E-state index in [1.165, 1.54) is 22.4 Å². The first kappa shape index (κ1) is 16.0. The molecule has 1 N–H and O–H groups in total. The highest BCUT2D eigenvalue weighted by molar-refractivity contribution is 5.85. The summed E-state index contributed by atoms with van der Waals surface area (Å²) in [7, 11) is 2.02. The molecule has 0 bridgehead atoms. The lowest BCUT2D eigenvalue weighted by Crippen LogP contribution is -2.24. The molecule has 0 amide bonds. The Morgan fingerprint density at radius 2 is 2.10 bits per heavy atom. The van der Waals surface area contributed by atoms with Gasteiger partial charge in [0.1, 0.15) is 0 Å². The third-order valence-corrected chi connectivity index (χ3v) is 3.96. The predicted octanol–water partition coefficient (Wildman–Crippen LogP) is 2.51. The summed E-state index contributed by atoms with van der Waals surface area (Å²) in [4.78, 5) is 0. The quantitative estimate of drug-likeness (QED) is 0.943. The summed E-state index contributed by atoms with van der Waals surface area (Å²) in [6.07, 6.45) is 1.05. The van der Waals surface area contributed by atoms with E-state index in [4.69, 9.17) is 4.74 Å². The second kappa shape index (κ2) is 7.07. The van der Waals surface area contributed by atoms with Crippen molar-refractivity contribution in [3.8, 4) is 0 Å². The molecule has 0 unspecified atom stereocenters. The molecule has 0 spiro atoms. The van der Waals surface area contributed by atoms with Gasteiger partial charge in [-0.15, -0.1) is 12.4 Å². The lowest BCUT2D eigenvalue weighted by atomic mass is 10.1.